The summed E-state index contributed by atoms with van der Waals surface area (Å²) in [5.74, 6) is 0. The highest BCUT2D eigenvalue weighted by atomic mass is 15.4. The molecule has 0 aliphatic carbocycles. The molecule has 0 aromatic rings. The Labute approximate surface area is 38.0 Å². The zero-order chi connectivity index (χ0) is 7.94. The van der Waals surface area contributed by atoms with Gasteiger partial charge < -0.3 is 5.42 Å². The lowest BCUT2D eigenvalue weighted by Crippen LogP contribution is -2.19. The highest BCUT2D eigenvalue weighted by molar-refractivity contribution is 4.85. The van der Waals surface area contributed by atoms with Gasteiger partial charge in [-0.2, -0.15) is 0 Å². The van der Waals surface area contributed by atoms with E-state index in [-0.39, 0.29) is 11.5 Å². The van der Waals surface area contributed by atoms with Crippen LogP contribution in [0.4, 0.5) is 0 Å². The minimum Gasteiger partial charge on any atom is -0.329 e. The predicted molar refractivity (Wildman–Crippen MR) is 20.3 cm³/mol. The molecule has 1 rings (SSSR count). The molecule has 0 unspecified atom stereocenters. The second-order valence-electron chi connectivity index (χ2n) is 0.601. The van der Waals surface area contributed by atoms with Gasteiger partial charge in [0.15, 0.2) is 1.41 Å². The third-order valence-electron chi connectivity index (χ3n) is 0.295. The summed E-state index contributed by atoms with van der Waals surface area (Å²) in [6.45, 7) is -2.15. The molecule has 0 atom stereocenters. The van der Waals surface area contributed by atoms with E-state index in [1.54, 1.807) is 0 Å². The second-order valence-corrected chi connectivity index (χ2v) is 0.601. The van der Waals surface area contributed by atoms with Gasteiger partial charge in [0.2, 0.25) is 0 Å². The number of hydrogen-bond donors (Lipinski definition) is 2. The average molecular weight is 75.1 g/mol. The Hall–Kier alpha value is -0.500. The molecule has 2 N–H and O–H groups in total. The SMILES string of the molecule is [2H]C1=CN([2H])N([2H])C1([2H])[2H]. The summed E-state index contributed by atoms with van der Waals surface area (Å²) in [5.41, 5.74) is 0.762. The summed E-state index contributed by atoms with van der Waals surface area (Å²) in [5, 5.41) is 0. The molecule has 0 spiro atoms. The standard InChI is InChI=1S/C3H6N2/c1-2-4-5-3-1/h1-2,4-5H,3H2/i1D,3D2/hD2. The van der Waals surface area contributed by atoms with Gasteiger partial charge in [-0.1, -0.05) is 6.05 Å². The van der Waals surface area contributed by atoms with Crippen LogP contribution >= 0.6 is 0 Å². The molecular formula is C3H6N2. The van der Waals surface area contributed by atoms with Crippen LogP contribution < -0.4 is 10.8 Å². The summed E-state index contributed by atoms with van der Waals surface area (Å²) in [4.78, 5) is 0. The molecule has 1 aliphatic rings. The molecule has 28 valence electrons. The van der Waals surface area contributed by atoms with Gasteiger partial charge in [0.1, 0.15) is 1.41 Å². The summed E-state index contributed by atoms with van der Waals surface area (Å²) >= 11 is 0. The van der Waals surface area contributed by atoms with Crippen LogP contribution in [-0.2, 0) is 0 Å². The lowest BCUT2D eigenvalue weighted by atomic mass is 10.7. The van der Waals surface area contributed by atoms with Crippen LogP contribution in [0, 0.1) is 0 Å². The molecule has 2 heteroatoms. The quantitative estimate of drug-likeness (QED) is 0.409. The number of hydrazine groups is 1. The van der Waals surface area contributed by atoms with Gasteiger partial charge in [-0.25, -0.2) is 5.42 Å². The lowest BCUT2D eigenvalue weighted by molar-refractivity contribution is 0.727. The fourth-order valence-electron chi connectivity index (χ4n) is 0.144. The Balaban J connectivity index is 2.89. The highest BCUT2D eigenvalue weighted by Crippen LogP contribution is 1.67. The largest absolute Gasteiger partial charge is 0.329 e. The molecule has 0 bridgehead atoms. The molecule has 1 heterocycles. The fraction of sp³-hybridized carbons (Fsp3) is 0.333. The molecule has 0 radical (unpaired) electrons. The summed E-state index contributed by atoms with van der Waals surface area (Å²) in [6, 6.07) is -0.377. The zero-order valence-corrected chi connectivity index (χ0v) is 2.47. The molecule has 0 saturated carbocycles. The Kier molecular flexibility index (Phi) is 0.132. The van der Waals surface area contributed by atoms with E-state index < -0.39 is 6.50 Å². The Morgan fingerprint density at radius 3 is 3.60 bits per heavy atom. The third kappa shape index (κ3) is 0.389. The Morgan fingerprint density at radius 1 is 2.40 bits per heavy atom. The van der Waals surface area contributed by atoms with Gasteiger partial charge in [0, 0.05) is 15.4 Å². The van der Waals surface area contributed by atoms with E-state index in [4.69, 9.17) is 6.94 Å². The monoisotopic (exact) mass is 75.1 g/mol. The first-order valence-electron chi connectivity index (χ1n) is 3.61. The first-order chi connectivity index (χ1) is 4.46. The van der Waals surface area contributed by atoms with Crippen molar-refractivity contribution < 1.29 is 6.94 Å². The van der Waals surface area contributed by atoms with Crippen molar-refractivity contribution in [1.82, 2.24) is 10.8 Å². The molecule has 0 fully saturated rings. The van der Waals surface area contributed by atoms with Gasteiger partial charge >= 0.3 is 0 Å². The van der Waals surface area contributed by atoms with Gasteiger partial charge in [-0.3, -0.25) is 0 Å². The number of nitrogens with one attached hydrogen (secondary N) is 2. The van der Waals surface area contributed by atoms with Crippen LogP contribution in [0.5, 0.6) is 0 Å². The molecule has 0 aromatic carbocycles. The molecule has 0 aromatic heterocycles. The van der Waals surface area contributed by atoms with Crippen molar-refractivity contribution in [1.29, 1.82) is 0 Å². The maximum absolute atomic E-state index is 7.02. The van der Waals surface area contributed by atoms with Gasteiger partial charge in [0.25, 0.3) is 0 Å². The van der Waals surface area contributed by atoms with E-state index in [9.17, 15) is 0 Å². The van der Waals surface area contributed by atoms with Crippen molar-refractivity contribution in [2.75, 3.05) is 6.50 Å². The molecular weight excluding hydrogens is 64.0 g/mol. The van der Waals surface area contributed by atoms with Crippen molar-refractivity contribution >= 4 is 0 Å². The molecule has 2 nitrogen and oxygen atoms in total. The van der Waals surface area contributed by atoms with E-state index in [0.717, 1.165) is 6.20 Å². The maximum atomic E-state index is 7.02. The molecule has 0 amide bonds. The van der Waals surface area contributed by atoms with E-state index in [1.807, 2.05) is 0 Å². The van der Waals surface area contributed by atoms with E-state index in [0.29, 0.717) is 5.42 Å². The van der Waals surface area contributed by atoms with Crippen molar-refractivity contribution in [2.45, 2.75) is 0 Å². The Morgan fingerprint density at radius 2 is 3.40 bits per heavy atom. The smallest absolute Gasteiger partial charge is 0.181 e. The number of rotatable bonds is 0. The minimum absolute atomic E-state index is 0.287. The van der Waals surface area contributed by atoms with Crippen LogP contribution in [0.2, 0.25) is 2.82 Å². The summed E-state index contributed by atoms with van der Waals surface area (Å²) in [7, 11) is 0. The maximum Gasteiger partial charge on any atom is 0.181 e. The van der Waals surface area contributed by atoms with Crippen molar-refractivity contribution in [3.63, 3.8) is 0 Å². The highest BCUT2D eigenvalue weighted by Gasteiger charge is 1.78. The first kappa shape index (κ1) is 0.611. The fourth-order valence-corrected chi connectivity index (χ4v) is 0.144. The van der Waals surface area contributed by atoms with Gasteiger partial charge in [-0.15, -0.1) is 0 Å². The first-order valence-corrected chi connectivity index (χ1v) is 1.22. The van der Waals surface area contributed by atoms with Gasteiger partial charge in [0.05, 0.1) is 1.37 Å². The normalized spacial score (nSPS) is 51.6. The van der Waals surface area contributed by atoms with E-state index >= 15 is 0 Å². The molecule has 0 saturated heterocycles. The average Bonchev–Trinajstić information content (AvgIpc) is 1.97. The van der Waals surface area contributed by atoms with Crippen molar-refractivity contribution in [3.05, 3.63) is 12.3 Å². The van der Waals surface area contributed by atoms with E-state index in [1.165, 1.54) is 0 Å². The Bertz CT molecular complexity index is 178. The topological polar surface area (TPSA) is 24.1 Å². The minimum atomic E-state index is -2.15. The number of hydrogen-bond acceptors (Lipinski definition) is 2. The summed E-state index contributed by atoms with van der Waals surface area (Å²) < 4.78 is 34.7. The van der Waals surface area contributed by atoms with Crippen LogP contribution in [0.3, 0.4) is 0 Å². The van der Waals surface area contributed by atoms with Crippen LogP contribution in [0.15, 0.2) is 12.3 Å². The van der Waals surface area contributed by atoms with Gasteiger partial charge in [-0.05, 0) is 0 Å². The van der Waals surface area contributed by atoms with Crippen molar-refractivity contribution in [3.8, 4) is 0 Å². The second kappa shape index (κ2) is 1.08. The predicted octanol–water partition coefficient (Wildman–Crippen LogP) is -0.392. The van der Waals surface area contributed by atoms with Crippen LogP contribution in [-0.4, -0.2) is 6.50 Å². The lowest BCUT2D eigenvalue weighted by Gasteiger charge is -1.83. The van der Waals surface area contributed by atoms with Crippen LogP contribution in [0.1, 0.15) is 4.11 Å². The van der Waals surface area contributed by atoms with Crippen molar-refractivity contribution in [2.24, 2.45) is 0 Å². The van der Waals surface area contributed by atoms with E-state index in [2.05, 4.69) is 0 Å². The third-order valence-corrected chi connectivity index (χ3v) is 0.295. The van der Waals surface area contributed by atoms with Crippen LogP contribution in [0.25, 0.3) is 0 Å². The molecule has 5 heavy (non-hydrogen) atoms. The zero-order valence-electron chi connectivity index (χ0n) is 7.47. The molecule has 1 aliphatic heterocycles. The summed E-state index contributed by atoms with van der Waals surface area (Å²) in [6.07, 6.45) is 0.938.